The maximum Gasteiger partial charge on any atom is 0.417 e. The van der Waals surface area contributed by atoms with Crippen LogP contribution in [0, 0.1) is 0 Å². The van der Waals surface area contributed by atoms with Gasteiger partial charge in [-0.15, -0.1) is 0 Å². The van der Waals surface area contributed by atoms with E-state index in [-0.39, 0.29) is 22.6 Å². The quantitative estimate of drug-likeness (QED) is 0.851. The van der Waals surface area contributed by atoms with E-state index >= 15 is 0 Å². The fraction of sp³-hybridized carbons (Fsp3) is 0.533. The Labute approximate surface area is 128 Å². The zero-order valence-corrected chi connectivity index (χ0v) is 12.9. The number of halogens is 3. The van der Waals surface area contributed by atoms with Gasteiger partial charge in [0.05, 0.1) is 5.56 Å². The Bertz CT molecular complexity index is 542. The molecule has 21 heavy (non-hydrogen) atoms. The fourth-order valence-electron chi connectivity index (χ4n) is 3.08. The van der Waals surface area contributed by atoms with Gasteiger partial charge in [-0.2, -0.15) is 13.2 Å². The lowest BCUT2D eigenvalue weighted by atomic mass is 10.0. The summed E-state index contributed by atoms with van der Waals surface area (Å²) >= 11 is 4.73. The van der Waals surface area contributed by atoms with Crippen LogP contribution < -0.4 is 10.6 Å². The second-order valence-electron chi connectivity index (χ2n) is 5.49. The van der Waals surface area contributed by atoms with E-state index in [9.17, 15) is 13.2 Å². The zero-order valence-electron chi connectivity index (χ0n) is 12.1. The Hall–Kier alpha value is -1.30. The molecule has 116 valence electrons. The predicted molar refractivity (Wildman–Crippen MR) is 82.6 cm³/mol. The first-order valence-electron chi connectivity index (χ1n) is 7.05. The number of hydrogen-bond donors (Lipinski definition) is 1. The number of nitrogens with two attached hydrogens (primary N) is 1. The Kier molecular flexibility index (Phi) is 4.46. The normalized spacial score (nSPS) is 22.6. The van der Waals surface area contributed by atoms with Gasteiger partial charge >= 0.3 is 6.18 Å². The van der Waals surface area contributed by atoms with E-state index in [4.69, 9.17) is 18.0 Å². The van der Waals surface area contributed by atoms with Crippen LogP contribution in [0.4, 0.5) is 18.9 Å². The van der Waals surface area contributed by atoms with Crippen LogP contribution in [0.2, 0.25) is 0 Å². The van der Waals surface area contributed by atoms with Crippen LogP contribution in [-0.2, 0) is 6.18 Å². The maximum atomic E-state index is 13.2. The van der Waals surface area contributed by atoms with Crippen molar-refractivity contribution in [3.8, 4) is 0 Å². The smallest absolute Gasteiger partial charge is 0.389 e. The minimum atomic E-state index is -4.46. The molecule has 1 aliphatic rings. The third-order valence-electron chi connectivity index (χ3n) is 4.13. The number of benzene rings is 1. The lowest BCUT2D eigenvalue weighted by Crippen LogP contribution is -2.34. The lowest BCUT2D eigenvalue weighted by molar-refractivity contribution is -0.137. The number of rotatable bonds is 3. The van der Waals surface area contributed by atoms with Crippen LogP contribution in [0.25, 0.3) is 0 Å². The number of thiocarbonyl (C=S) groups is 1. The summed E-state index contributed by atoms with van der Waals surface area (Å²) in [5.41, 5.74) is 5.15. The van der Waals surface area contributed by atoms with Crippen molar-refractivity contribution in [3.05, 3.63) is 29.3 Å². The van der Waals surface area contributed by atoms with Gasteiger partial charge in [0.15, 0.2) is 0 Å². The third-order valence-corrected chi connectivity index (χ3v) is 4.35. The minimum absolute atomic E-state index is 0.110. The van der Waals surface area contributed by atoms with E-state index in [2.05, 4.69) is 11.8 Å². The molecule has 1 heterocycles. The van der Waals surface area contributed by atoms with Crippen molar-refractivity contribution in [1.82, 2.24) is 0 Å². The van der Waals surface area contributed by atoms with Crippen molar-refractivity contribution in [2.75, 3.05) is 4.90 Å². The number of anilines is 1. The summed E-state index contributed by atoms with van der Waals surface area (Å²) in [6.45, 7) is 4.11. The molecule has 0 saturated carbocycles. The van der Waals surface area contributed by atoms with Crippen LogP contribution in [-0.4, -0.2) is 17.1 Å². The van der Waals surface area contributed by atoms with Crippen molar-refractivity contribution < 1.29 is 13.2 Å². The number of alkyl halides is 3. The summed E-state index contributed by atoms with van der Waals surface area (Å²) in [7, 11) is 0. The van der Waals surface area contributed by atoms with Crippen molar-refractivity contribution >= 4 is 22.9 Å². The average molecular weight is 316 g/mol. The molecular formula is C15H19F3N2S. The first-order valence-corrected chi connectivity index (χ1v) is 7.46. The van der Waals surface area contributed by atoms with Gasteiger partial charge in [0.2, 0.25) is 0 Å². The van der Waals surface area contributed by atoms with E-state index in [0.717, 1.165) is 19.3 Å². The highest BCUT2D eigenvalue weighted by Crippen LogP contribution is 2.38. The van der Waals surface area contributed by atoms with Gasteiger partial charge in [0.1, 0.15) is 4.99 Å². The molecule has 1 aliphatic heterocycles. The standard InChI is InChI=1S/C15H19F3N2S/c1-3-10-5-4-9(2)20(10)11-6-7-12(14(19)21)13(8-11)15(16,17)18/h6-10H,3-5H2,1-2H3,(H2,19,21). The van der Waals surface area contributed by atoms with Crippen LogP contribution >= 0.6 is 12.2 Å². The molecule has 6 heteroatoms. The Morgan fingerprint density at radius 2 is 2.05 bits per heavy atom. The summed E-state index contributed by atoms with van der Waals surface area (Å²) in [6, 6.07) is 4.79. The molecule has 2 atom stereocenters. The van der Waals surface area contributed by atoms with Gasteiger partial charge in [0.25, 0.3) is 0 Å². The molecule has 1 aromatic carbocycles. The van der Waals surface area contributed by atoms with Crippen LogP contribution in [0.3, 0.4) is 0 Å². The molecule has 1 saturated heterocycles. The Balaban J connectivity index is 2.49. The molecule has 2 unspecified atom stereocenters. The van der Waals surface area contributed by atoms with Crippen molar-refractivity contribution in [2.24, 2.45) is 5.73 Å². The van der Waals surface area contributed by atoms with E-state index in [1.807, 2.05) is 6.92 Å². The van der Waals surface area contributed by atoms with Gasteiger partial charge in [-0.1, -0.05) is 19.1 Å². The number of nitrogens with zero attached hydrogens (tertiary/aromatic N) is 1. The van der Waals surface area contributed by atoms with Crippen molar-refractivity contribution in [1.29, 1.82) is 0 Å². The van der Waals surface area contributed by atoms with E-state index < -0.39 is 11.7 Å². The summed E-state index contributed by atoms with van der Waals surface area (Å²) < 4.78 is 39.7. The molecule has 0 aromatic heterocycles. The molecule has 0 bridgehead atoms. The molecule has 0 amide bonds. The summed E-state index contributed by atoms with van der Waals surface area (Å²) in [5, 5.41) is 0. The summed E-state index contributed by atoms with van der Waals surface area (Å²) in [4.78, 5) is 1.86. The van der Waals surface area contributed by atoms with Gasteiger partial charge in [-0.05, 0) is 44.4 Å². The lowest BCUT2D eigenvalue weighted by Gasteiger charge is -2.31. The molecule has 2 nitrogen and oxygen atoms in total. The predicted octanol–water partition coefficient (Wildman–Crippen LogP) is 4.11. The van der Waals surface area contributed by atoms with Gasteiger partial charge < -0.3 is 10.6 Å². The molecule has 2 N–H and O–H groups in total. The molecule has 0 spiro atoms. The molecule has 1 fully saturated rings. The Morgan fingerprint density at radius 1 is 1.38 bits per heavy atom. The average Bonchev–Trinajstić information content (AvgIpc) is 2.78. The molecule has 0 radical (unpaired) electrons. The highest BCUT2D eigenvalue weighted by molar-refractivity contribution is 7.80. The second-order valence-corrected chi connectivity index (χ2v) is 5.93. The number of hydrogen-bond acceptors (Lipinski definition) is 2. The van der Waals surface area contributed by atoms with Crippen molar-refractivity contribution in [2.45, 2.75) is 51.4 Å². The van der Waals surface area contributed by atoms with E-state index in [1.165, 1.54) is 12.1 Å². The highest BCUT2D eigenvalue weighted by Gasteiger charge is 2.36. The monoisotopic (exact) mass is 316 g/mol. The van der Waals surface area contributed by atoms with Crippen LogP contribution in [0.5, 0.6) is 0 Å². The SMILES string of the molecule is CCC1CCC(C)N1c1ccc(C(N)=S)c(C(F)(F)F)c1. The third kappa shape index (κ3) is 3.15. The molecule has 2 rings (SSSR count). The first-order chi connectivity index (χ1) is 9.75. The van der Waals surface area contributed by atoms with Crippen LogP contribution in [0.15, 0.2) is 18.2 Å². The molecule has 0 aliphatic carbocycles. The highest BCUT2D eigenvalue weighted by atomic mass is 32.1. The van der Waals surface area contributed by atoms with E-state index in [1.54, 1.807) is 6.07 Å². The minimum Gasteiger partial charge on any atom is -0.389 e. The van der Waals surface area contributed by atoms with Crippen LogP contribution in [0.1, 0.15) is 44.2 Å². The maximum absolute atomic E-state index is 13.2. The largest absolute Gasteiger partial charge is 0.417 e. The molecular weight excluding hydrogens is 297 g/mol. The summed E-state index contributed by atoms with van der Waals surface area (Å²) in [6.07, 6.45) is -1.53. The fourth-order valence-corrected chi connectivity index (χ4v) is 3.26. The Morgan fingerprint density at radius 3 is 2.57 bits per heavy atom. The van der Waals surface area contributed by atoms with Crippen molar-refractivity contribution in [3.63, 3.8) is 0 Å². The zero-order chi connectivity index (χ0) is 15.8. The van der Waals surface area contributed by atoms with Gasteiger partial charge in [-0.3, -0.25) is 0 Å². The first kappa shape index (κ1) is 16.1. The van der Waals surface area contributed by atoms with E-state index in [0.29, 0.717) is 5.69 Å². The molecule has 1 aromatic rings. The second kappa shape index (κ2) is 5.83. The topological polar surface area (TPSA) is 29.3 Å². The van der Waals surface area contributed by atoms with Gasteiger partial charge in [-0.25, -0.2) is 0 Å². The van der Waals surface area contributed by atoms with Gasteiger partial charge in [0, 0.05) is 23.3 Å². The summed E-state index contributed by atoms with van der Waals surface area (Å²) in [5.74, 6) is 0.